The maximum atomic E-state index is 11.3. The first kappa shape index (κ1) is 18.2. The second-order valence-corrected chi connectivity index (χ2v) is 6.43. The molecule has 2 rings (SSSR count). The van der Waals surface area contributed by atoms with Gasteiger partial charge in [-0.15, -0.1) is 0 Å². The average Bonchev–Trinajstić information content (AvgIpc) is 3.04. The number of hydrogen-bond acceptors (Lipinski definition) is 5. The summed E-state index contributed by atoms with van der Waals surface area (Å²) in [5.41, 5.74) is 1.87. The van der Waals surface area contributed by atoms with Crippen molar-refractivity contribution in [3.05, 3.63) is 63.6 Å². The Hall–Kier alpha value is -2.18. The van der Waals surface area contributed by atoms with Crippen molar-refractivity contribution >= 4 is 5.69 Å². The summed E-state index contributed by atoms with van der Waals surface area (Å²) in [4.78, 5) is 13.0. The van der Waals surface area contributed by atoms with Gasteiger partial charge in [-0.2, -0.15) is 0 Å². The van der Waals surface area contributed by atoms with Gasteiger partial charge in [0.25, 0.3) is 5.69 Å². The molecule has 2 aromatic rings. The van der Waals surface area contributed by atoms with Crippen molar-refractivity contribution in [2.45, 2.75) is 32.4 Å². The van der Waals surface area contributed by atoms with Crippen LogP contribution in [0.2, 0.25) is 0 Å². The molecule has 6 heteroatoms. The predicted molar refractivity (Wildman–Crippen MR) is 94.0 cm³/mol. The fraction of sp³-hybridized carbons (Fsp3) is 0.444. The minimum absolute atomic E-state index is 0.116. The molecule has 1 aromatic heterocycles. The van der Waals surface area contributed by atoms with Crippen LogP contribution in [0.15, 0.2) is 41.0 Å². The maximum absolute atomic E-state index is 11.3. The van der Waals surface area contributed by atoms with Crippen LogP contribution >= 0.6 is 0 Å². The highest BCUT2D eigenvalue weighted by atomic mass is 16.6. The third-order valence-corrected chi connectivity index (χ3v) is 4.08. The molecular weight excluding hydrogens is 306 g/mol. The van der Waals surface area contributed by atoms with Crippen LogP contribution < -0.4 is 5.32 Å². The smallest absolute Gasteiger partial charge is 0.273 e. The van der Waals surface area contributed by atoms with Crippen LogP contribution in [-0.4, -0.2) is 30.5 Å². The van der Waals surface area contributed by atoms with E-state index in [0.717, 1.165) is 16.9 Å². The SMILES string of the molecule is CC(C)c1ccc(CNCC(c2ccco2)N(C)C)cc1[N+](=O)[O-]. The lowest BCUT2D eigenvalue weighted by Crippen LogP contribution is -2.30. The van der Waals surface area contributed by atoms with Crippen LogP contribution in [0.3, 0.4) is 0 Å². The fourth-order valence-electron chi connectivity index (χ4n) is 2.72. The molecule has 24 heavy (non-hydrogen) atoms. The van der Waals surface area contributed by atoms with E-state index >= 15 is 0 Å². The molecule has 1 unspecified atom stereocenters. The molecular formula is C18H25N3O3. The van der Waals surface area contributed by atoms with E-state index in [1.807, 2.05) is 52.2 Å². The first-order valence-electron chi connectivity index (χ1n) is 8.08. The Morgan fingerprint density at radius 3 is 2.58 bits per heavy atom. The number of rotatable bonds is 8. The van der Waals surface area contributed by atoms with Gasteiger partial charge >= 0.3 is 0 Å². The van der Waals surface area contributed by atoms with Crippen LogP contribution in [-0.2, 0) is 6.54 Å². The zero-order chi connectivity index (χ0) is 17.7. The largest absolute Gasteiger partial charge is 0.468 e. The van der Waals surface area contributed by atoms with Gasteiger partial charge in [-0.05, 0) is 37.7 Å². The fourth-order valence-corrected chi connectivity index (χ4v) is 2.72. The number of likely N-dealkylation sites (N-methyl/N-ethyl adjacent to an activating group) is 1. The predicted octanol–water partition coefficient (Wildman–Crippen LogP) is 3.70. The van der Waals surface area contributed by atoms with E-state index in [2.05, 4.69) is 10.2 Å². The molecule has 130 valence electrons. The van der Waals surface area contributed by atoms with Crippen LogP contribution in [0.5, 0.6) is 0 Å². The van der Waals surface area contributed by atoms with Crippen molar-refractivity contribution in [3.8, 4) is 0 Å². The molecule has 0 amide bonds. The molecule has 0 saturated carbocycles. The first-order chi connectivity index (χ1) is 11.4. The highest BCUT2D eigenvalue weighted by Crippen LogP contribution is 2.27. The normalized spacial score (nSPS) is 12.8. The molecule has 1 heterocycles. The summed E-state index contributed by atoms with van der Waals surface area (Å²) in [6.45, 7) is 5.20. The second-order valence-electron chi connectivity index (χ2n) is 6.43. The number of nitro groups is 1. The lowest BCUT2D eigenvalue weighted by atomic mass is 9.99. The minimum atomic E-state index is -0.301. The quantitative estimate of drug-likeness (QED) is 0.590. The molecule has 1 N–H and O–H groups in total. The summed E-state index contributed by atoms with van der Waals surface area (Å²) in [6, 6.07) is 9.42. The van der Waals surface area contributed by atoms with E-state index in [0.29, 0.717) is 13.1 Å². The third-order valence-electron chi connectivity index (χ3n) is 4.08. The summed E-state index contributed by atoms with van der Waals surface area (Å²) in [7, 11) is 3.99. The van der Waals surface area contributed by atoms with Crippen LogP contribution in [0.25, 0.3) is 0 Å². The Bertz CT molecular complexity index is 666. The Morgan fingerprint density at radius 1 is 1.29 bits per heavy atom. The Labute approximate surface area is 142 Å². The number of benzene rings is 1. The van der Waals surface area contributed by atoms with Gasteiger partial charge in [-0.3, -0.25) is 15.0 Å². The minimum Gasteiger partial charge on any atom is -0.468 e. The second kappa shape index (κ2) is 8.08. The van der Waals surface area contributed by atoms with Crippen LogP contribution in [0.1, 0.15) is 42.7 Å². The molecule has 0 bridgehead atoms. The highest BCUT2D eigenvalue weighted by Gasteiger charge is 2.18. The monoisotopic (exact) mass is 331 g/mol. The average molecular weight is 331 g/mol. The van der Waals surface area contributed by atoms with Crippen molar-refractivity contribution in [1.29, 1.82) is 0 Å². The lowest BCUT2D eigenvalue weighted by Gasteiger charge is -2.22. The number of nitrogens with zero attached hydrogens (tertiary/aromatic N) is 2. The Kier molecular flexibility index (Phi) is 6.11. The molecule has 6 nitrogen and oxygen atoms in total. The van der Waals surface area contributed by atoms with E-state index in [-0.39, 0.29) is 22.6 Å². The van der Waals surface area contributed by atoms with Gasteiger partial charge in [0.05, 0.1) is 17.2 Å². The van der Waals surface area contributed by atoms with Crippen LogP contribution in [0.4, 0.5) is 5.69 Å². The molecule has 1 atom stereocenters. The number of nitro benzene ring substituents is 1. The standard InChI is InChI=1S/C18H25N3O3/c1-13(2)15-8-7-14(10-16(15)21(22)23)11-19-12-17(20(3)4)18-6-5-9-24-18/h5-10,13,17,19H,11-12H2,1-4H3. The molecule has 0 aliphatic heterocycles. The number of hydrogen-bond donors (Lipinski definition) is 1. The molecule has 0 aliphatic carbocycles. The Balaban J connectivity index is 2.04. The van der Waals surface area contributed by atoms with Gasteiger partial charge < -0.3 is 9.73 Å². The van der Waals surface area contributed by atoms with E-state index < -0.39 is 0 Å². The molecule has 0 radical (unpaired) electrons. The van der Waals surface area contributed by atoms with Crippen molar-refractivity contribution in [2.75, 3.05) is 20.6 Å². The summed E-state index contributed by atoms with van der Waals surface area (Å²) < 4.78 is 5.48. The van der Waals surface area contributed by atoms with Gasteiger partial charge in [0, 0.05) is 24.7 Å². The summed E-state index contributed by atoms with van der Waals surface area (Å²) in [6.07, 6.45) is 1.67. The zero-order valence-electron chi connectivity index (χ0n) is 14.7. The van der Waals surface area contributed by atoms with E-state index in [1.54, 1.807) is 12.3 Å². The molecule has 0 aliphatic rings. The third kappa shape index (κ3) is 4.43. The van der Waals surface area contributed by atoms with Gasteiger partial charge in [-0.25, -0.2) is 0 Å². The number of furan rings is 1. The zero-order valence-corrected chi connectivity index (χ0v) is 14.7. The molecule has 0 spiro atoms. The van der Waals surface area contributed by atoms with Crippen molar-refractivity contribution in [1.82, 2.24) is 10.2 Å². The van der Waals surface area contributed by atoms with Gasteiger partial charge in [0.1, 0.15) is 5.76 Å². The summed E-state index contributed by atoms with van der Waals surface area (Å²) in [5, 5.41) is 14.6. The van der Waals surface area contributed by atoms with Gasteiger partial charge in [-0.1, -0.05) is 26.0 Å². The van der Waals surface area contributed by atoms with E-state index in [1.165, 1.54) is 0 Å². The van der Waals surface area contributed by atoms with E-state index in [9.17, 15) is 10.1 Å². The van der Waals surface area contributed by atoms with Crippen molar-refractivity contribution in [2.24, 2.45) is 0 Å². The van der Waals surface area contributed by atoms with Crippen molar-refractivity contribution in [3.63, 3.8) is 0 Å². The van der Waals surface area contributed by atoms with Crippen LogP contribution in [0, 0.1) is 10.1 Å². The van der Waals surface area contributed by atoms with Crippen molar-refractivity contribution < 1.29 is 9.34 Å². The maximum Gasteiger partial charge on any atom is 0.273 e. The van der Waals surface area contributed by atoms with E-state index in [4.69, 9.17) is 4.42 Å². The first-order valence-corrected chi connectivity index (χ1v) is 8.08. The molecule has 0 fully saturated rings. The molecule has 1 aromatic carbocycles. The summed E-state index contributed by atoms with van der Waals surface area (Å²) in [5.74, 6) is 1.03. The van der Waals surface area contributed by atoms with Gasteiger partial charge in [0.2, 0.25) is 0 Å². The van der Waals surface area contributed by atoms with Gasteiger partial charge in [0.15, 0.2) is 0 Å². The Morgan fingerprint density at radius 2 is 2.04 bits per heavy atom. The topological polar surface area (TPSA) is 71.5 Å². The highest BCUT2D eigenvalue weighted by molar-refractivity contribution is 5.45. The molecule has 0 saturated heterocycles. The summed E-state index contributed by atoms with van der Waals surface area (Å²) >= 11 is 0. The number of nitrogens with one attached hydrogen (secondary N) is 1. The lowest BCUT2D eigenvalue weighted by molar-refractivity contribution is -0.385.